The van der Waals surface area contributed by atoms with Crippen LogP contribution in [0.2, 0.25) is 0 Å². The molecule has 0 aliphatic rings. The van der Waals surface area contributed by atoms with E-state index in [9.17, 15) is 9.59 Å². The number of aromatic nitrogens is 3. The lowest BCUT2D eigenvalue weighted by Gasteiger charge is -2.10. The van der Waals surface area contributed by atoms with Gasteiger partial charge >= 0.3 is 0 Å². The summed E-state index contributed by atoms with van der Waals surface area (Å²) in [4.78, 5) is 24.7. The van der Waals surface area contributed by atoms with Crippen LogP contribution in [0.5, 0.6) is 0 Å². The zero-order valence-corrected chi connectivity index (χ0v) is 14.2. The number of carbonyl (C=O) groups is 1. The molecule has 1 amide bonds. The van der Waals surface area contributed by atoms with Crippen LogP contribution in [0.1, 0.15) is 26.1 Å². The van der Waals surface area contributed by atoms with Gasteiger partial charge in [0, 0.05) is 11.9 Å². The van der Waals surface area contributed by atoms with E-state index < -0.39 is 0 Å². The van der Waals surface area contributed by atoms with Gasteiger partial charge in [0.15, 0.2) is 0 Å². The first-order valence-electron chi connectivity index (χ1n) is 8.22. The lowest BCUT2D eigenvalue weighted by Crippen LogP contribution is -2.35. The van der Waals surface area contributed by atoms with Crippen LogP contribution in [0, 0.1) is 12.8 Å². The highest BCUT2D eigenvalue weighted by atomic mass is 16.2. The Hall–Kier alpha value is -2.63. The fraction of sp³-hybridized carbons (Fsp3) is 0.389. The maximum atomic E-state index is 12.7. The fourth-order valence-electron chi connectivity index (χ4n) is 2.86. The number of rotatable bonds is 5. The number of fused-ring (bicyclic) bond motifs is 3. The van der Waals surface area contributed by atoms with Crippen molar-refractivity contribution in [3.05, 3.63) is 46.5 Å². The quantitative estimate of drug-likeness (QED) is 0.781. The Kier molecular flexibility index (Phi) is 4.38. The van der Waals surface area contributed by atoms with Gasteiger partial charge in [-0.2, -0.15) is 5.10 Å². The van der Waals surface area contributed by atoms with Crippen molar-refractivity contribution in [1.29, 1.82) is 0 Å². The molecule has 0 aliphatic carbocycles. The van der Waals surface area contributed by atoms with Crippen molar-refractivity contribution in [2.45, 2.75) is 33.7 Å². The van der Waals surface area contributed by atoms with Crippen molar-refractivity contribution in [2.75, 3.05) is 6.54 Å². The van der Waals surface area contributed by atoms with Gasteiger partial charge in [-0.15, -0.1) is 0 Å². The second-order valence-corrected chi connectivity index (χ2v) is 6.47. The molecular formula is C18H22N4O2. The molecule has 0 saturated carbocycles. The predicted octanol–water partition coefficient (Wildman–Crippen LogP) is 2.12. The Morgan fingerprint density at radius 1 is 1.25 bits per heavy atom. The Bertz CT molecular complexity index is 953. The summed E-state index contributed by atoms with van der Waals surface area (Å²) in [6.07, 6.45) is 0.913. The van der Waals surface area contributed by atoms with E-state index in [1.54, 1.807) is 0 Å². The van der Waals surface area contributed by atoms with E-state index in [4.69, 9.17) is 0 Å². The molecule has 2 heterocycles. The van der Waals surface area contributed by atoms with E-state index >= 15 is 0 Å². The summed E-state index contributed by atoms with van der Waals surface area (Å²) < 4.78 is 3.08. The van der Waals surface area contributed by atoms with Crippen LogP contribution in [0.25, 0.3) is 16.4 Å². The summed E-state index contributed by atoms with van der Waals surface area (Å²) in [7, 11) is 0. The zero-order chi connectivity index (χ0) is 17.3. The Morgan fingerprint density at radius 3 is 2.75 bits per heavy atom. The standard InChI is InChI=1S/C18H22N4O2/c1-12(2)8-9-19-17(23)11-21-18(24)16-10-14-6-4-5-7-15(14)22(16)13(3)20-21/h4-7,10,12H,8-9,11H2,1-3H3,(H,19,23). The molecule has 0 saturated heterocycles. The van der Waals surface area contributed by atoms with Gasteiger partial charge in [0.2, 0.25) is 5.91 Å². The molecule has 0 bridgehead atoms. The lowest BCUT2D eigenvalue weighted by atomic mass is 10.1. The first-order chi connectivity index (χ1) is 11.5. The van der Waals surface area contributed by atoms with Crippen molar-refractivity contribution >= 4 is 22.3 Å². The number of nitrogens with zero attached hydrogens (tertiary/aromatic N) is 3. The van der Waals surface area contributed by atoms with Gasteiger partial charge < -0.3 is 5.32 Å². The van der Waals surface area contributed by atoms with E-state index in [1.165, 1.54) is 4.68 Å². The highest BCUT2D eigenvalue weighted by Gasteiger charge is 2.13. The van der Waals surface area contributed by atoms with E-state index in [-0.39, 0.29) is 18.0 Å². The topological polar surface area (TPSA) is 68.4 Å². The summed E-state index contributed by atoms with van der Waals surface area (Å²) in [5.74, 6) is 1.02. The summed E-state index contributed by atoms with van der Waals surface area (Å²) in [5, 5.41) is 8.14. The molecule has 3 rings (SSSR count). The maximum absolute atomic E-state index is 12.7. The number of nitrogens with one attached hydrogen (secondary N) is 1. The molecule has 0 radical (unpaired) electrons. The number of carbonyl (C=O) groups excluding carboxylic acids is 1. The lowest BCUT2D eigenvalue weighted by molar-refractivity contribution is -0.121. The predicted molar refractivity (Wildman–Crippen MR) is 94.2 cm³/mol. The maximum Gasteiger partial charge on any atom is 0.291 e. The average Bonchev–Trinajstić information content (AvgIpc) is 2.92. The minimum atomic E-state index is -0.254. The van der Waals surface area contributed by atoms with Crippen LogP contribution in [0.3, 0.4) is 0 Å². The highest BCUT2D eigenvalue weighted by Crippen LogP contribution is 2.18. The number of benzene rings is 1. The molecule has 0 unspecified atom stereocenters. The average molecular weight is 326 g/mol. The molecule has 6 heteroatoms. The second kappa shape index (κ2) is 6.47. The third kappa shape index (κ3) is 3.04. The minimum Gasteiger partial charge on any atom is -0.354 e. The van der Waals surface area contributed by atoms with Crippen molar-refractivity contribution in [3.8, 4) is 0 Å². The van der Waals surface area contributed by atoms with Crippen LogP contribution >= 0.6 is 0 Å². The molecule has 2 aromatic heterocycles. The first kappa shape index (κ1) is 16.2. The van der Waals surface area contributed by atoms with Gasteiger partial charge in [-0.05, 0) is 31.4 Å². The summed E-state index contributed by atoms with van der Waals surface area (Å²) >= 11 is 0. The Labute approximate surface area is 140 Å². The number of aryl methyl sites for hydroxylation is 1. The van der Waals surface area contributed by atoms with Gasteiger partial charge in [-0.3, -0.25) is 14.0 Å². The molecule has 0 atom stereocenters. The highest BCUT2D eigenvalue weighted by molar-refractivity contribution is 5.87. The van der Waals surface area contributed by atoms with Crippen LogP contribution in [-0.2, 0) is 11.3 Å². The number of para-hydroxylation sites is 1. The molecule has 1 N–H and O–H groups in total. The monoisotopic (exact) mass is 326 g/mol. The van der Waals surface area contributed by atoms with Crippen molar-refractivity contribution in [1.82, 2.24) is 19.5 Å². The van der Waals surface area contributed by atoms with Gasteiger partial charge in [-0.1, -0.05) is 32.0 Å². The van der Waals surface area contributed by atoms with Crippen LogP contribution in [0.15, 0.2) is 35.1 Å². The molecule has 3 aromatic rings. The largest absolute Gasteiger partial charge is 0.354 e. The minimum absolute atomic E-state index is 0.0597. The fourth-order valence-corrected chi connectivity index (χ4v) is 2.86. The smallest absolute Gasteiger partial charge is 0.291 e. The van der Waals surface area contributed by atoms with Gasteiger partial charge in [0.05, 0.1) is 5.52 Å². The molecule has 0 aliphatic heterocycles. The zero-order valence-electron chi connectivity index (χ0n) is 14.2. The Balaban J connectivity index is 1.92. The second-order valence-electron chi connectivity index (χ2n) is 6.47. The van der Waals surface area contributed by atoms with E-state index in [2.05, 4.69) is 24.3 Å². The summed E-state index contributed by atoms with van der Waals surface area (Å²) in [6.45, 7) is 6.60. The van der Waals surface area contributed by atoms with Crippen molar-refractivity contribution in [2.24, 2.45) is 5.92 Å². The summed E-state index contributed by atoms with van der Waals surface area (Å²) in [6, 6.07) is 9.64. The molecule has 0 fully saturated rings. The van der Waals surface area contributed by atoms with Crippen molar-refractivity contribution in [3.63, 3.8) is 0 Å². The van der Waals surface area contributed by atoms with Gasteiger partial charge in [0.1, 0.15) is 17.9 Å². The number of hydrogen-bond donors (Lipinski definition) is 1. The van der Waals surface area contributed by atoms with Crippen molar-refractivity contribution < 1.29 is 4.79 Å². The molecule has 6 nitrogen and oxygen atoms in total. The molecule has 1 aromatic carbocycles. The van der Waals surface area contributed by atoms with Crippen LogP contribution < -0.4 is 10.9 Å². The first-order valence-corrected chi connectivity index (χ1v) is 8.22. The molecule has 0 spiro atoms. The number of hydrogen-bond acceptors (Lipinski definition) is 3. The van der Waals surface area contributed by atoms with E-state index in [1.807, 2.05) is 41.7 Å². The van der Waals surface area contributed by atoms with Gasteiger partial charge in [-0.25, -0.2) is 4.68 Å². The van der Waals surface area contributed by atoms with Crippen LogP contribution in [-0.4, -0.2) is 26.6 Å². The third-order valence-corrected chi connectivity index (χ3v) is 4.09. The SMILES string of the molecule is Cc1nn(CC(=O)NCCC(C)C)c(=O)c2cc3ccccc3n12. The number of amides is 1. The Morgan fingerprint density at radius 2 is 2.00 bits per heavy atom. The van der Waals surface area contributed by atoms with E-state index in [0.29, 0.717) is 23.8 Å². The van der Waals surface area contributed by atoms with Crippen LogP contribution in [0.4, 0.5) is 0 Å². The van der Waals surface area contributed by atoms with E-state index in [0.717, 1.165) is 17.3 Å². The molecular weight excluding hydrogens is 304 g/mol. The summed E-state index contributed by atoms with van der Waals surface area (Å²) in [5.41, 5.74) is 1.23. The molecule has 126 valence electrons. The van der Waals surface area contributed by atoms with Gasteiger partial charge in [0.25, 0.3) is 5.56 Å². The normalized spacial score (nSPS) is 11.5. The molecule has 24 heavy (non-hydrogen) atoms. The third-order valence-electron chi connectivity index (χ3n) is 4.09.